The maximum absolute atomic E-state index is 12.2. The highest BCUT2D eigenvalue weighted by molar-refractivity contribution is 5.78. The first-order valence-electron chi connectivity index (χ1n) is 7.09. The molecule has 0 amide bonds. The van der Waals surface area contributed by atoms with Crippen LogP contribution in [0.3, 0.4) is 0 Å². The zero-order valence-corrected chi connectivity index (χ0v) is 12.2. The molecular weight excluding hydrogens is 324 g/mol. The van der Waals surface area contributed by atoms with Crippen molar-refractivity contribution in [3.63, 3.8) is 0 Å². The first-order valence-corrected chi connectivity index (χ1v) is 7.09. The van der Waals surface area contributed by atoms with Crippen LogP contribution in [0.4, 0.5) is 0 Å². The minimum absolute atomic E-state index is 0.0302. The lowest BCUT2D eigenvalue weighted by Gasteiger charge is -2.45. The molecule has 2 aromatic rings. The summed E-state index contributed by atoms with van der Waals surface area (Å²) in [5.41, 5.74) is -4.19. The summed E-state index contributed by atoms with van der Waals surface area (Å²) in [6.07, 6.45) is -7.33. The van der Waals surface area contributed by atoms with Crippen molar-refractivity contribution in [2.24, 2.45) is 0 Å². The molecule has 1 aliphatic rings. The van der Waals surface area contributed by atoms with Crippen LogP contribution in [0.15, 0.2) is 33.5 Å². The normalized spacial score (nSPS) is 33.7. The van der Waals surface area contributed by atoms with Crippen molar-refractivity contribution in [2.45, 2.75) is 30.2 Å². The number of rotatable bonds is 2. The Labute approximate surface area is 134 Å². The fourth-order valence-electron chi connectivity index (χ4n) is 2.84. The van der Waals surface area contributed by atoms with Crippen molar-refractivity contribution >= 4 is 11.0 Å². The van der Waals surface area contributed by atoms with Gasteiger partial charge in [-0.05, 0) is 18.2 Å². The number of fused-ring (bicyclic) bond motifs is 1. The summed E-state index contributed by atoms with van der Waals surface area (Å²) in [7, 11) is 0. The highest BCUT2D eigenvalue weighted by atomic mass is 16.6. The standard InChI is InChI=1S/C15H16O9/c16-5-10-11(18)15(22,12(19)14(21)24-10)8-3-6-1-2-7(17)4-9(6)23-13(8)20/h1-4,10-12,14,16-19,21-22H,5H2/t10-,11+,12+,14+,15-/m1/s1. The second kappa shape index (κ2) is 5.81. The summed E-state index contributed by atoms with van der Waals surface area (Å²) in [5, 5.41) is 59.7. The molecule has 9 heteroatoms. The van der Waals surface area contributed by atoms with Crippen LogP contribution in [0.2, 0.25) is 0 Å². The molecule has 0 bridgehead atoms. The van der Waals surface area contributed by atoms with Gasteiger partial charge in [0.05, 0.1) is 12.2 Å². The van der Waals surface area contributed by atoms with Gasteiger partial charge >= 0.3 is 5.63 Å². The molecular formula is C15H16O9. The maximum atomic E-state index is 12.2. The van der Waals surface area contributed by atoms with Crippen molar-refractivity contribution in [3.05, 3.63) is 40.2 Å². The van der Waals surface area contributed by atoms with Crippen LogP contribution >= 0.6 is 0 Å². The van der Waals surface area contributed by atoms with Gasteiger partial charge in [0.1, 0.15) is 29.6 Å². The monoisotopic (exact) mass is 340 g/mol. The summed E-state index contributed by atoms with van der Waals surface area (Å²) < 4.78 is 9.81. The number of hydrogen-bond donors (Lipinski definition) is 6. The molecule has 1 aliphatic heterocycles. The molecule has 0 unspecified atom stereocenters. The Balaban J connectivity index is 2.21. The van der Waals surface area contributed by atoms with E-state index in [2.05, 4.69) is 0 Å². The molecule has 5 atom stereocenters. The van der Waals surface area contributed by atoms with Gasteiger partial charge in [-0.3, -0.25) is 0 Å². The van der Waals surface area contributed by atoms with Crippen LogP contribution in [0.5, 0.6) is 5.75 Å². The number of benzene rings is 1. The Morgan fingerprint density at radius 2 is 1.83 bits per heavy atom. The Morgan fingerprint density at radius 1 is 1.12 bits per heavy atom. The van der Waals surface area contributed by atoms with E-state index in [0.29, 0.717) is 5.39 Å². The molecule has 24 heavy (non-hydrogen) atoms. The van der Waals surface area contributed by atoms with Gasteiger partial charge < -0.3 is 39.8 Å². The van der Waals surface area contributed by atoms with Crippen molar-refractivity contribution in [2.75, 3.05) is 6.61 Å². The number of aliphatic hydroxyl groups is 5. The Bertz CT molecular complexity index is 816. The molecule has 3 rings (SSSR count). The third-order valence-corrected chi connectivity index (χ3v) is 4.17. The Morgan fingerprint density at radius 3 is 2.50 bits per heavy atom. The summed E-state index contributed by atoms with van der Waals surface area (Å²) in [6.45, 7) is -0.764. The van der Waals surface area contributed by atoms with Crippen LogP contribution in [0, 0.1) is 0 Å². The summed E-state index contributed by atoms with van der Waals surface area (Å²) in [5.74, 6) is -0.140. The summed E-state index contributed by atoms with van der Waals surface area (Å²) in [6, 6.07) is 5.07. The predicted octanol–water partition coefficient (Wildman–Crippen LogP) is -1.88. The molecule has 1 aromatic carbocycles. The maximum Gasteiger partial charge on any atom is 0.342 e. The van der Waals surface area contributed by atoms with Crippen molar-refractivity contribution < 1.29 is 39.8 Å². The van der Waals surface area contributed by atoms with Gasteiger partial charge in [0.25, 0.3) is 0 Å². The van der Waals surface area contributed by atoms with Gasteiger partial charge in [-0.25, -0.2) is 4.79 Å². The summed E-state index contributed by atoms with van der Waals surface area (Å²) >= 11 is 0. The molecule has 6 N–H and O–H groups in total. The van der Waals surface area contributed by atoms with E-state index in [-0.39, 0.29) is 11.3 Å². The van der Waals surface area contributed by atoms with Gasteiger partial charge in [0.15, 0.2) is 11.9 Å². The second-order valence-corrected chi connectivity index (χ2v) is 5.63. The first-order chi connectivity index (χ1) is 11.3. The molecule has 0 spiro atoms. The average Bonchev–Trinajstić information content (AvgIpc) is 2.55. The SMILES string of the molecule is O=c1oc2cc(O)ccc2cc1[C@]1(O)[C@@H](O)[C@@H](O)O[C@H](CO)[C@@H]1O. The van der Waals surface area contributed by atoms with E-state index >= 15 is 0 Å². The van der Waals surface area contributed by atoms with Gasteiger partial charge in [-0.1, -0.05) is 0 Å². The van der Waals surface area contributed by atoms with E-state index in [9.17, 15) is 35.4 Å². The van der Waals surface area contributed by atoms with Crippen LogP contribution < -0.4 is 5.63 Å². The van der Waals surface area contributed by atoms with Gasteiger partial charge in [-0.15, -0.1) is 0 Å². The molecule has 1 fully saturated rings. The Hall–Kier alpha value is -2.01. The predicted molar refractivity (Wildman–Crippen MR) is 78.0 cm³/mol. The van der Waals surface area contributed by atoms with E-state index in [1.165, 1.54) is 24.3 Å². The van der Waals surface area contributed by atoms with E-state index in [4.69, 9.17) is 9.15 Å². The van der Waals surface area contributed by atoms with Crippen LogP contribution in [-0.2, 0) is 10.3 Å². The number of aliphatic hydroxyl groups excluding tert-OH is 4. The average molecular weight is 340 g/mol. The first kappa shape index (κ1) is 16.8. The molecule has 9 nitrogen and oxygen atoms in total. The molecule has 0 saturated carbocycles. The number of ether oxygens (including phenoxy) is 1. The molecule has 2 heterocycles. The highest BCUT2D eigenvalue weighted by Crippen LogP contribution is 2.37. The smallest absolute Gasteiger partial charge is 0.342 e. The summed E-state index contributed by atoms with van der Waals surface area (Å²) in [4.78, 5) is 12.2. The van der Waals surface area contributed by atoms with Gasteiger partial charge in [0.2, 0.25) is 0 Å². The molecule has 1 saturated heterocycles. The highest BCUT2D eigenvalue weighted by Gasteiger charge is 2.57. The van der Waals surface area contributed by atoms with Gasteiger partial charge in [-0.2, -0.15) is 0 Å². The van der Waals surface area contributed by atoms with Crippen molar-refractivity contribution in [3.8, 4) is 5.75 Å². The number of hydrogen-bond acceptors (Lipinski definition) is 9. The largest absolute Gasteiger partial charge is 0.508 e. The molecule has 0 aliphatic carbocycles. The van der Waals surface area contributed by atoms with E-state index in [0.717, 1.165) is 0 Å². The lowest BCUT2D eigenvalue weighted by Crippen LogP contribution is -2.66. The lowest BCUT2D eigenvalue weighted by atomic mass is 9.79. The van der Waals surface area contributed by atoms with Crippen LogP contribution in [-0.4, -0.2) is 61.8 Å². The topological polar surface area (TPSA) is 161 Å². The third-order valence-electron chi connectivity index (χ3n) is 4.17. The molecule has 1 aromatic heterocycles. The Kier molecular flexibility index (Phi) is 4.08. The van der Waals surface area contributed by atoms with Crippen LogP contribution in [0.25, 0.3) is 11.0 Å². The minimum atomic E-state index is -2.63. The minimum Gasteiger partial charge on any atom is -0.508 e. The zero-order chi connectivity index (χ0) is 17.6. The van der Waals surface area contributed by atoms with Gasteiger partial charge in [0, 0.05) is 11.5 Å². The number of phenolic OH excluding ortho intramolecular Hbond substituents is 1. The molecule has 0 radical (unpaired) electrons. The van der Waals surface area contributed by atoms with E-state index < -0.39 is 48.0 Å². The van der Waals surface area contributed by atoms with Crippen molar-refractivity contribution in [1.82, 2.24) is 0 Å². The van der Waals surface area contributed by atoms with E-state index in [1.807, 2.05) is 0 Å². The zero-order valence-electron chi connectivity index (χ0n) is 12.2. The third kappa shape index (κ3) is 2.38. The number of phenols is 1. The fourth-order valence-corrected chi connectivity index (χ4v) is 2.84. The van der Waals surface area contributed by atoms with Crippen molar-refractivity contribution in [1.29, 1.82) is 0 Å². The second-order valence-electron chi connectivity index (χ2n) is 5.63. The van der Waals surface area contributed by atoms with E-state index in [1.54, 1.807) is 0 Å². The van der Waals surface area contributed by atoms with Crippen LogP contribution in [0.1, 0.15) is 5.56 Å². The lowest BCUT2D eigenvalue weighted by molar-refractivity contribution is -0.326. The fraction of sp³-hybridized carbons (Fsp3) is 0.400. The number of aromatic hydroxyl groups is 1. The molecule has 130 valence electrons. The quantitative estimate of drug-likeness (QED) is 0.344.